The van der Waals surface area contributed by atoms with Crippen LogP contribution in [0.1, 0.15) is 24.4 Å². The molecule has 21 heavy (non-hydrogen) atoms. The van der Waals surface area contributed by atoms with Gasteiger partial charge in [0, 0.05) is 6.54 Å². The Bertz CT molecular complexity index is 484. The molecule has 2 amide bonds. The number of hydrogen-bond donors (Lipinski definition) is 2. The second kappa shape index (κ2) is 6.24. The fourth-order valence-electron chi connectivity index (χ4n) is 1.89. The Morgan fingerprint density at radius 1 is 1.33 bits per heavy atom. The van der Waals surface area contributed by atoms with Crippen molar-refractivity contribution in [3.8, 4) is 5.75 Å². The molecule has 1 aliphatic carbocycles. The van der Waals surface area contributed by atoms with E-state index in [0.29, 0.717) is 18.2 Å². The molecule has 2 rings (SSSR count). The van der Waals surface area contributed by atoms with Gasteiger partial charge in [-0.2, -0.15) is 13.2 Å². The second-order valence-corrected chi connectivity index (χ2v) is 5.05. The van der Waals surface area contributed by atoms with Gasteiger partial charge in [0.05, 0.1) is 7.11 Å². The van der Waals surface area contributed by atoms with Crippen molar-refractivity contribution in [3.05, 3.63) is 29.8 Å². The Balaban J connectivity index is 2.03. The Morgan fingerprint density at radius 3 is 2.43 bits per heavy atom. The van der Waals surface area contributed by atoms with E-state index in [1.165, 1.54) is 31.4 Å². The molecule has 4 nitrogen and oxygen atoms in total. The van der Waals surface area contributed by atoms with Crippen molar-refractivity contribution in [2.24, 2.45) is 5.92 Å². The molecule has 0 spiro atoms. The van der Waals surface area contributed by atoms with Gasteiger partial charge in [-0.3, -0.25) is 0 Å². The second-order valence-electron chi connectivity index (χ2n) is 5.05. The van der Waals surface area contributed by atoms with E-state index >= 15 is 0 Å². The molecular formula is C14H17F3N2O2. The molecule has 0 bridgehead atoms. The molecule has 0 saturated heterocycles. The monoisotopic (exact) mass is 302 g/mol. The number of amides is 2. The summed E-state index contributed by atoms with van der Waals surface area (Å²) in [5.41, 5.74) is -0.0372. The van der Waals surface area contributed by atoms with Crippen LogP contribution in [0.4, 0.5) is 18.0 Å². The maximum Gasteiger partial charge on any atom is 0.412 e. The molecule has 0 heterocycles. The van der Waals surface area contributed by atoms with Crippen LogP contribution in [0.5, 0.6) is 5.75 Å². The summed E-state index contributed by atoms with van der Waals surface area (Å²) in [6.45, 7) is 0.416. The Kier molecular flexibility index (Phi) is 4.59. The van der Waals surface area contributed by atoms with E-state index in [1.54, 1.807) is 0 Å². The third-order valence-corrected chi connectivity index (χ3v) is 3.30. The zero-order valence-corrected chi connectivity index (χ0v) is 11.5. The Labute approximate surface area is 120 Å². The van der Waals surface area contributed by atoms with Gasteiger partial charge in [-0.25, -0.2) is 4.79 Å². The van der Waals surface area contributed by atoms with Crippen molar-refractivity contribution in [2.45, 2.75) is 25.1 Å². The third-order valence-electron chi connectivity index (χ3n) is 3.30. The van der Waals surface area contributed by atoms with Crippen molar-refractivity contribution in [1.82, 2.24) is 10.6 Å². The average molecular weight is 302 g/mol. The fourth-order valence-corrected chi connectivity index (χ4v) is 1.89. The van der Waals surface area contributed by atoms with Crippen LogP contribution < -0.4 is 15.4 Å². The first-order valence-electron chi connectivity index (χ1n) is 6.65. The molecule has 0 aromatic heterocycles. The van der Waals surface area contributed by atoms with Gasteiger partial charge in [0.1, 0.15) is 5.75 Å². The van der Waals surface area contributed by atoms with Crippen LogP contribution in [0, 0.1) is 5.92 Å². The van der Waals surface area contributed by atoms with E-state index in [9.17, 15) is 18.0 Å². The van der Waals surface area contributed by atoms with E-state index in [-0.39, 0.29) is 5.56 Å². The molecule has 0 radical (unpaired) electrons. The minimum absolute atomic E-state index is 0.0372. The highest BCUT2D eigenvalue weighted by Crippen LogP contribution is 2.33. The number of rotatable bonds is 5. The molecule has 1 fully saturated rings. The molecule has 2 N–H and O–H groups in total. The SMILES string of the molecule is COc1ccc([C@@H](NC(=O)NCC2CC2)C(F)(F)F)cc1. The normalized spacial score (nSPS) is 16.2. The first-order chi connectivity index (χ1) is 9.90. The van der Waals surface area contributed by atoms with Gasteiger partial charge >= 0.3 is 12.2 Å². The number of nitrogens with one attached hydrogen (secondary N) is 2. The van der Waals surface area contributed by atoms with Crippen LogP contribution in [0.3, 0.4) is 0 Å². The van der Waals surface area contributed by atoms with Crippen LogP contribution in [0.25, 0.3) is 0 Å². The predicted molar refractivity (Wildman–Crippen MR) is 71.0 cm³/mol. The lowest BCUT2D eigenvalue weighted by molar-refractivity contribution is -0.154. The number of methoxy groups -OCH3 is 1. The van der Waals surface area contributed by atoms with Crippen LogP contribution in [-0.2, 0) is 0 Å². The summed E-state index contributed by atoms with van der Waals surface area (Å²) in [6.07, 6.45) is -2.53. The van der Waals surface area contributed by atoms with Gasteiger partial charge in [-0.15, -0.1) is 0 Å². The van der Waals surface area contributed by atoms with Gasteiger partial charge in [0.2, 0.25) is 0 Å². The molecule has 7 heteroatoms. The topological polar surface area (TPSA) is 50.4 Å². The molecule has 1 aromatic rings. The fraction of sp³-hybridized carbons (Fsp3) is 0.500. The number of alkyl halides is 3. The predicted octanol–water partition coefficient (Wildman–Crippen LogP) is 3.01. The number of urea groups is 1. The van der Waals surface area contributed by atoms with E-state index in [0.717, 1.165) is 12.8 Å². The maximum absolute atomic E-state index is 13.1. The van der Waals surface area contributed by atoms with E-state index in [4.69, 9.17) is 4.74 Å². The zero-order valence-electron chi connectivity index (χ0n) is 11.5. The highest BCUT2D eigenvalue weighted by molar-refractivity contribution is 5.74. The summed E-state index contributed by atoms with van der Waals surface area (Å²) in [5, 5.41) is 4.44. The largest absolute Gasteiger partial charge is 0.497 e. The molecule has 1 aliphatic rings. The molecule has 0 aliphatic heterocycles. The summed E-state index contributed by atoms with van der Waals surface area (Å²) < 4.78 is 44.2. The van der Waals surface area contributed by atoms with Crippen molar-refractivity contribution >= 4 is 6.03 Å². The minimum Gasteiger partial charge on any atom is -0.497 e. The summed E-state index contributed by atoms with van der Waals surface area (Å²) >= 11 is 0. The molecular weight excluding hydrogens is 285 g/mol. The van der Waals surface area contributed by atoms with Crippen molar-refractivity contribution < 1.29 is 22.7 Å². The Morgan fingerprint density at radius 2 is 1.95 bits per heavy atom. The lowest BCUT2D eigenvalue weighted by Gasteiger charge is -2.22. The van der Waals surface area contributed by atoms with Crippen molar-refractivity contribution in [1.29, 1.82) is 0 Å². The number of halogens is 3. The smallest absolute Gasteiger partial charge is 0.412 e. The summed E-state index contributed by atoms with van der Waals surface area (Å²) in [7, 11) is 1.43. The molecule has 0 unspecified atom stereocenters. The van der Waals surface area contributed by atoms with Gasteiger partial charge in [-0.1, -0.05) is 12.1 Å². The van der Waals surface area contributed by atoms with E-state index in [2.05, 4.69) is 5.32 Å². The number of carbonyl (C=O) groups is 1. The summed E-state index contributed by atoms with van der Waals surface area (Å²) in [5.74, 6) is 0.860. The number of carbonyl (C=O) groups excluding carboxylic acids is 1. The minimum atomic E-state index is -4.56. The number of benzene rings is 1. The van der Waals surface area contributed by atoms with Crippen LogP contribution in [-0.4, -0.2) is 25.9 Å². The maximum atomic E-state index is 13.1. The van der Waals surface area contributed by atoms with Crippen LogP contribution in [0.15, 0.2) is 24.3 Å². The van der Waals surface area contributed by atoms with Gasteiger partial charge < -0.3 is 15.4 Å². The van der Waals surface area contributed by atoms with Gasteiger partial charge in [0.15, 0.2) is 6.04 Å². The quantitative estimate of drug-likeness (QED) is 0.878. The standard InChI is InChI=1S/C14H17F3N2O2/c1-21-11-6-4-10(5-7-11)12(14(15,16)17)19-13(20)18-8-9-2-3-9/h4-7,9,12H,2-3,8H2,1H3,(H2,18,19,20)/t12-/m1/s1. The Hall–Kier alpha value is -1.92. The van der Waals surface area contributed by atoms with E-state index < -0.39 is 18.2 Å². The molecule has 1 atom stereocenters. The average Bonchev–Trinajstić information content (AvgIpc) is 3.26. The van der Waals surface area contributed by atoms with Crippen molar-refractivity contribution in [3.63, 3.8) is 0 Å². The number of ether oxygens (including phenoxy) is 1. The molecule has 1 aromatic carbocycles. The van der Waals surface area contributed by atoms with Crippen molar-refractivity contribution in [2.75, 3.05) is 13.7 Å². The molecule has 116 valence electrons. The zero-order chi connectivity index (χ0) is 15.5. The first-order valence-corrected chi connectivity index (χ1v) is 6.65. The molecule has 1 saturated carbocycles. The van der Waals surface area contributed by atoms with Gasteiger partial charge in [0.25, 0.3) is 0 Å². The summed E-state index contributed by atoms with van der Waals surface area (Å²) in [4.78, 5) is 11.6. The van der Waals surface area contributed by atoms with E-state index in [1.807, 2.05) is 5.32 Å². The van der Waals surface area contributed by atoms with Crippen LogP contribution in [0.2, 0.25) is 0 Å². The summed E-state index contributed by atoms with van der Waals surface area (Å²) in [6, 6.07) is 2.59. The van der Waals surface area contributed by atoms with Crippen LogP contribution >= 0.6 is 0 Å². The lowest BCUT2D eigenvalue weighted by Crippen LogP contribution is -2.44. The first kappa shape index (κ1) is 15.5. The van der Waals surface area contributed by atoms with Gasteiger partial charge in [-0.05, 0) is 36.5 Å². The highest BCUT2D eigenvalue weighted by atomic mass is 19.4. The number of hydrogen-bond acceptors (Lipinski definition) is 2. The highest BCUT2D eigenvalue weighted by Gasteiger charge is 2.42. The third kappa shape index (κ3) is 4.54. The lowest BCUT2D eigenvalue weighted by atomic mass is 10.1.